The summed E-state index contributed by atoms with van der Waals surface area (Å²) in [6, 6.07) is 1.28. The van der Waals surface area contributed by atoms with Crippen molar-refractivity contribution < 1.29 is 9.18 Å². The Bertz CT molecular complexity index is 478. The van der Waals surface area contributed by atoms with E-state index in [1.807, 2.05) is 11.8 Å². The van der Waals surface area contributed by atoms with Crippen molar-refractivity contribution in [2.24, 2.45) is 5.92 Å². The number of anilines is 1. The standard InChI is InChI=1S/C15H22FN3O/c1-3-5-11-6-7-19(10-11)15(20)13-8-12(16)9-18-14(13)17-4-2/h8-9,11H,3-7,10H2,1-2H3,(H,17,18). The lowest BCUT2D eigenvalue weighted by atomic mass is 10.0. The number of hydrogen-bond donors (Lipinski definition) is 1. The van der Waals surface area contributed by atoms with E-state index >= 15 is 0 Å². The zero-order chi connectivity index (χ0) is 14.5. The second kappa shape index (κ2) is 6.68. The number of nitrogens with zero attached hydrogens (tertiary/aromatic N) is 2. The van der Waals surface area contributed by atoms with E-state index in [1.165, 1.54) is 6.07 Å². The number of halogens is 1. The Morgan fingerprint density at radius 3 is 3.05 bits per heavy atom. The van der Waals surface area contributed by atoms with Crippen molar-refractivity contribution in [1.29, 1.82) is 0 Å². The smallest absolute Gasteiger partial charge is 0.257 e. The minimum absolute atomic E-state index is 0.119. The highest BCUT2D eigenvalue weighted by molar-refractivity contribution is 5.98. The summed E-state index contributed by atoms with van der Waals surface area (Å²) in [6.45, 7) is 6.26. The lowest BCUT2D eigenvalue weighted by Gasteiger charge is -2.18. The van der Waals surface area contributed by atoms with E-state index in [1.54, 1.807) is 0 Å². The third-order valence-electron chi connectivity index (χ3n) is 3.70. The lowest BCUT2D eigenvalue weighted by Crippen LogP contribution is -2.29. The molecule has 1 fully saturated rings. The summed E-state index contributed by atoms with van der Waals surface area (Å²) < 4.78 is 13.4. The van der Waals surface area contributed by atoms with E-state index in [-0.39, 0.29) is 5.91 Å². The largest absolute Gasteiger partial charge is 0.370 e. The van der Waals surface area contributed by atoms with Crippen molar-refractivity contribution >= 4 is 11.7 Å². The van der Waals surface area contributed by atoms with E-state index in [4.69, 9.17) is 0 Å². The number of rotatable bonds is 5. The fourth-order valence-corrected chi connectivity index (χ4v) is 2.74. The quantitative estimate of drug-likeness (QED) is 0.901. The van der Waals surface area contributed by atoms with E-state index < -0.39 is 5.82 Å². The average Bonchev–Trinajstić information content (AvgIpc) is 2.89. The number of carbonyl (C=O) groups is 1. The number of amides is 1. The predicted octanol–water partition coefficient (Wildman–Crippen LogP) is 2.91. The van der Waals surface area contributed by atoms with Crippen LogP contribution < -0.4 is 5.32 Å². The molecule has 110 valence electrons. The fourth-order valence-electron chi connectivity index (χ4n) is 2.74. The molecule has 20 heavy (non-hydrogen) atoms. The van der Waals surface area contributed by atoms with Crippen LogP contribution in [0, 0.1) is 11.7 Å². The van der Waals surface area contributed by atoms with Crippen molar-refractivity contribution in [2.45, 2.75) is 33.1 Å². The molecular formula is C15H22FN3O. The van der Waals surface area contributed by atoms with Gasteiger partial charge in [-0.25, -0.2) is 9.37 Å². The van der Waals surface area contributed by atoms with Gasteiger partial charge in [-0.15, -0.1) is 0 Å². The van der Waals surface area contributed by atoms with Gasteiger partial charge in [0.1, 0.15) is 11.6 Å². The summed E-state index contributed by atoms with van der Waals surface area (Å²) in [6.07, 6.45) is 4.46. The molecule has 2 heterocycles. The number of nitrogens with one attached hydrogen (secondary N) is 1. The first-order valence-corrected chi connectivity index (χ1v) is 7.34. The molecule has 1 aromatic heterocycles. The first kappa shape index (κ1) is 14.8. The van der Waals surface area contributed by atoms with Crippen molar-refractivity contribution in [2.75, 3.05) is 25.0 Å². The van der Waals surface area contributed by atoms with Gasteiger partial charge in [0.25, 0.3) is 5.91 Å². The predicted molar refractivity (Wildman–Crippen MR) is 77.3 cm³/mol. The van der Waals surface area contributed by atoms with E-state index in [2.05, 4.69) is 17.2 Å². The minimum Gasteiger partial charge on any atom is -0.370 e. The lowest BCUT2D eigenvalue weighted by molar-refractivity contribution is 0.0786. The summed E-state index contributed by atoms with van der Waals surface area (Å²) in [7, 11) is 0. The topological polar surface area (TPSA) is 45.2 Å². The van der Waals surface area contributed by atoms with Crippen LogP contribution in [0.15, 0.2) is 12.3 Å². The zero-order valence-corrected chi connectivity index (χ0v) is 12.2. The highest BCUT2D eigenvalue weighted by Crippen LogP contribution is 2.24. The number of likely N-dealkylation sites (tertiary alicyclic amines) is 1. The van der Waals surface area contributed by atoms with E-state index in [9.17, 15) is 9.18 Å². The molecule has 0 aromatic carbocycles. The Labute approximate surface area is 119 Å². The molecule has 0 spiro atoms. The van der Waals surface area contributed by atoms with Gasteiger partial charge in [0.15, 0.2) is 0 Å². The molecule has 0 bridgehead atoms. The van der Waals surface area contributed by atoms with Gasteiger partial charge < -0.3 is 10.2 Å². The van der Waals surface area contributed by atoms with Crippen molar-refractivity contribution in [3.05, 3.63) is 23.6 Å². The van der Waals surface area contributed by atoms with Crippen LogP contribution in [0.4, 0.5) is 10.2 Å². The Morgan fingerprint density at radius 2 is 2.35 bits per heavy atom. The van der Waals surface area contributed by atoms with Gasteiger partial charge in [-0.3, -0.25) is 4.79 Å². The van der Waals surface area contributed by atoms with E-state index in [0.717, 1.165) is 38.5 Å². The minimum atomic E-state index is -0.473. The summed E-state index contributed by atoms with van der Waals surface area (Å²) in [4.78, 5) is 18.3. The molecule has 1 aromatic rings. The third kappa shape index (κ3) is 3.26. The van der Waals surface area contributed by atoms with Gasteiger partial charge in [0, 0.05) is 19.6 Å². The monoisotopic (exact) mass is 279 g/mol. The molecule has 1 atom stereocenters. The van der Waals surface area contributed by atoms with Gasteiger partial charge in [-0.05, 0) is 31.7 Å². The molecule has 1 saturated heterocycles. The van der Waals surface area contributed by atoms with Crippen molar-refractivity contribution in [3.63, 3.8) is 0 Å². The fraction of sp³-hybridized carbons (Fsp3) is 0.600. The van der Waals surface area contributed by atoms with Crippen molar-refractivity contribution in [3.8, 4) is 0 Å². The summed E-state index contributed by atoms with van der Waals surface area (Å²) >= 11 is 0. The second-order valence-corrected chi connectivity index (χ2v) is 5.27. The molecule has 0 aliphatic carbocycles. The number of carbonyl (C=O) groups excluding carboxylic acids is 1. The Balaban J connectivity index is 2.14. The van der Waals surface area contributed by atoms with Gasteiger partial charge >= 0.3 is 0 Å². The second-order valence-electron chi connectivity index (χ2n) is 5.27. The number of aromatic nitrogens is 1. The summed E-state index contributed by atoms with van der Waals surface area (Å²) in [5, 5.41) is 3.02. The molecule has 0 saturated carbocycles. The highest BCUT2D eigenvalue weighted by Gasteiger charge is 2.28. The number of pyridine rings is 1. The van der Waals surface area contributed by atoms with Crippen LogP contribution in [-0.2, 0) is 0 Å². The zero-order valence-electron chi connectivity index (χ0n) is 12.2. The molecule has 2 rings (SSSR count). The molecule has 5 heteroatoms. The van der Waals surface area contributed by atoms with Crippen LogP contribution >= 0.6 is 0 Å². The maximum Gasteiger partial charge on any atom is 0.257 e. The third-order valence-corrected chi connectivity index (χ3v) is 3.70. The summed E-state index contributed by atoms with van der Waals surface area (Å²) in [5.41, 5.74) is 0.337. The normalized spacial score (nSPS) is 18.4. The van der Waals surface area contributed by atoms with Gasteiger partial charge in [-0.1, -0.05) is 13.3 Å². The van der Waals surface area contributed by atoms with Crippen LogP contribution in [-0.4, -0.2) is 35.4 Å². The van der Waals surface area contributed by atoms with Crippen LogP contribution in [0.3, 0.4) is 0 Å². The maximum absolute atomic E-state index is 13.4. The molecule has 1 aliphatic rings. The van der Waals surface area contributed by atoms with Crippen LogP contribution in [0.2, 0.25) is 0 Å². The molecule has 4 nitrogen and oxygen atoms in total. The Kier molecular flexibility index (Phi) is 4.93. The molecule has 1 aliphatic heterocycles. The van der Waals surface area contributed by atoms with Gasteiger partial charge in [0.05, 0.1) is 11.8 Å². The Hall–Kier alpha value is -1.65. The average molecular weight is 279 g/mol. The molecule has 1 N–H and O–H groups in total. The SMILES string of the molecule is CCCC1CCN(C(=O)c2cc(F)cnc2NCC)C1. The molecule has 1 amide bonds. The Morgan fingerprint density at radius 1 is 1.55 bits per heavy atom. The van der Waals surface area contributed by atoms with Crippen LogP contribution in [0.5, 0.6) is 0 Å². The van der Waals surface area contributed by atoms with Crippen molar-refractivity contribution in [1.82, 2.24) is 9.88 Å². The first-order chi connectivity index (χ1) is 9.65. The van der Waals surface area contributed by atoms with Gasteiger partial charge in [-0.2, -0.15) is 0 Å². The number of hydrogen-bond acceptors (Lipinski definition) is 3. The summed E-state index contributed by atoms with van der Waals surface area (Å²) in [5.74, 6) is 0.455. The highest BCUT2D eigenvalue weighted by atomic mass is 19.1. The maximum atomic E-state index is 13.4. The molecule has 1 unspecified atom stereocenters. The van der Waals surface area contributed by atoms with Crippen LogP contribution in [0.1, 0.15) is 43.5 Å². The molecule has 0 radical (unpaired) electrons. The van der Waals surface area contributed by atoms with Gasteiger partial charge in [0.2, 0.25) is 0 Å². The van der Waals surface area contributed by atoms with Crippen LogP contribution in [0.25, 0.3) is 0 Å². The molecular weight excluding hydrogens is 257 g/mol. The van der Waals surface area contributed by atoms with E-state index in [0.29, 0.717) is 23.8 Å². The first-order valence-electron chi connectivity index (χ1n) is 7.34.